The molecule has 0 unspecified atom stereocenters. The Bertz CT molecular complexity index is 629. The molecule has 0 aliphatic heterocycles. The monoisotopic (exact) mass is 281 g/mol. The zero-order chi connectivity index (χ0) is 14.9. The molecule has 2 rings (SSSR count). The minimum absolute atomic E-state index is 0.0565. The number of hydrogen-bond acceptors (Lipinski definition) is 3. The Labute approximate surface area is 113 Å². The zero-order valence-corrected chi connectivity index (χ0v) is 10.5. The first kappa shape index (κ1) is 14.6. The molecule has 2 aromatic rings. The first-order valence-electron chi connectivity index (χ1n) is 5.80. The van der Waals surface area contributed by atoms with Gasteiger partial charge < -0.3 is 10.0 Å². The van der Waals surface area contributed by atoms with Gasteiger partial charge in [0.05, 0.1) is 11.3 Å². The van der Waals surface area contributed by atoms with Crippen molar-refractivity contribution in [3.8, 4) is 11.3 Å². The van der Waals surface area contributed by atoms with Crippen LogP contribution in [0.5, 0.6) is 0 Å². The second-order valence-corrected chi connectivity index (χ2v) is 4.34. The Balaban J connectivity index is 2.63. The van der Waals surface area contributed by atoms with Gasteiger partial charge in [-0.2, -0.15) is 13.2 Å². The molecule has 0 radical (unpaired) electrons. The van der Waals surface area contributed by atoms with E-state index in [0.29, 0.717) is 5.69 Å². The van der Waals surface area contributed by atoms with Gasteiger partial charge in [-0.1, -0.05) is 18.2 Å². The molecule has 0 bridgehead atoms. The highest BCUT2D eigenvalue weighted by Crippen LogP contribution is 2.36. The number of aromatic nitrogens is 1. The summed E-state index contributed by atoms with van der Waals surface area (Å²) in [5.41, 5.74) is -0.338. The Morgan fingerprint density at radius 2 is 1.75 bits per heavy atom. The minimum Gasteiger partial charge on any atom is -0.423 e. The quantitative estimate of drug-likeness (QED) is 0.825. The second kappa shape index (κ2) is 5.26. The molecule has 1 aromatic heterocycles. The minimum atomic E-state index is -4.50. The van der Waals surface area contributed by atoms with Crippen LogP contribution in [-0.4, -0.2) is 22.2 Å². The molecule has 1 heterocycles. The van der Waals surface area contributed by atoms with E-state index in [9.17, 15) is 13.2 Å². The molecule has 0 aliphatic carbocycles. The van der Waals surface area contributed by atoms with Gasteiger partial charge in [-0.3, -0.25) is 4.98 Å². The molecule has 7 heteroatoms. The smallest absolute Gasteiger partial charge is 0.423 e. The van der Waals surface area contributed by atoms with E-state index < -0.39 is 18.9 Å². The average molecular weight is 281 g/mol. The van der Waals surface area contributed by atoms with Crippen LogP contribution in [0.3, 0.4) is 0 Å². The van der Waals surface area contributed by atoms with Crippen molar-refractivity contribution < 1.29 is 23.2 Å². The summed E-state index contributed by atoms with van der Waals surface area (Å²) in [5.74, 6) is 0. The third-order valence-corrected chi connectivity index (χ3v) is 2.78. The molecular weight excluding hydrogens is 270 g/mol. The topological polar surface area (TPSA) is 53.4 Å². The highest BCUT2D eigenvalue weighted by molar-refractivity contribution is 6.58. The van der Waals surface area contributed by atoms with E-state index in [-0.39, 0.29) is 16.7 Å². The van der Waals surface area contributed by atoms with Crippen molar-refractivity contribution in [1.29, 1.82) is 0 Å². The lowest BCUT2D eigenvalue weighted by Gasteiger charge is -2.13. The lowest BCUT2D eigenvalue weighted by atomic mass is 9.79. The molecule has 3 nitrogen and oxygen atoms in total. The van der Waals surface area contributed by atoms with Crippen LogP contribution in [0, 0.1) is 6.92 Å². The van der Waals surface area contributed by atoms with Crippen LogP contribution in [0.15, 0.2) is 36.4 Å². The molecule has 20 heavy (non-hydrogen) atoms. The molecule has 0 saturated carbocycles. The van der Waals surface area contributed by atoms with Crippen LogP contribution in [0.1, 0.15) is 11.3 Å². The van der Waals surface area contributed by atoms with Gasteiger partial charge in [-0.25, -0.2) is 0 Å². The van der Waals surface area contributed by atoms with E-state index in [1.54, 1.807) is 6.92 Å². The fourth-order valence-electron chi connectivity index (χ4n) is 1.94. The third kappa shape index (κ3) is 3.00. The number of rotatable bonds is 2. The van der Waals surface area contributed by atoms with Crippen molar-refractivity contribution in [3.63, 3.8) is 0 Å². The highest BCUT2D eigenvalue weighted by Gasteiger charge is 2.33. The van der Waals surface area contributed by atoms with Gasteiger partial charge in [0.2, 0.25) is 0 Å². The first-order chi connectivity index (χ1) is 9.29. The molecule has 0 amide bonds. The Morgan fingerprint density at radius 3 is 2.35 bits per heavy atom. The number of hydrogen-bond donors (Lipinski definition) is 2. The van der Waals surface area contributed by atoms with Crippen LogP contribution >= 0.6 is 0 Å². The maximum Gasteiger partial charge on any atom is 0.488 e. The van der Waals surface area contributed by atoms with Crippen LogP contribution < -0.4 is 5.46 Å². The van der Waals surface area contributed by atoms with E-state index in [4.69, 9.17) is 10.0 Å². The Morgan fingerprint density at radius 1 is 1.10 bits per heavy atom. The zero-order valence-electron chi connectivity index (χ0n) is 10.5. The number of halogens is 3. The number of benzene rings is 1. The fraction of sp³-hybridized carbons (Fsp3) is 0.154. The maximum absolute atomic E-state index is 13.0. The second-order valence-electron chi connectivity index (χ2n) is 4.34. The molecule has 0 fully saturated rings. The van der Waals surface area contributed by atoms with Crippen molar-refractivity contribution in [2.75, 3.05) is 0 Å². The van der Waals surface area contributed by atoms with E-state index in [1.165, 1.54) is 30.3 Å². The molecule has 104 valence electrons. The van der Waals surface area contributed by atoms with Gasteiger partial charge in [0, 0.05) is 11.3 Å². The van der Waals surface area contributed by atoms with Crippen LogP contribution in [0.25, 0.3) is 11.3 Å². The van der Waals surface area contributed by atoms with Crippen molar-refractivity contribution in [2.24, 2.45) is 0 Å². The number of alkyl halides is 3. The molecule has 0 saturated heterocycles. The van der Waals surface area contributed by atoms with Crippen molar-refractivity contribution in [1.82, 2.24) is 4.98 Å². The van der Waals surface area contributed by atoms with Crippen LogP contribution in [0.2, 0.25) is 0 Å². The van der Waals surface area contributed by atoms with Gasteiger partial charge >= 0.3 is 13.3 Å². The van der Waals surface area contributed by atoms with Crippen LogP contribution in [-0.2, 0) is 6.18 Å². The lowest BCUT2D eigenvalue weighted by molar-refractivity contribution is -0.137. The predicted octanol–water partition coefficient (Wildman–Crippen LogP) is 1.76. The predicted molar refractivity (Wildman–Crippen MR) is 69.2 cm³/mol. The SMILES string of the molecule is Cc1cc(B(O)O)cc(-c2ccccc2C(F)(F)F)n1. The highest BCUT2D eigenvalue weighted by atomic mass is 19.4. The Hall–Kier alpha value is -1.86. The summed E-state index contributed by atoms with van der Waals surface area (Å²) < 4.78 is 38.9. The van der Waals surface area contributed by atoms with Crippen LogP contribution in [0.4, 0.5) is 13.2 Å². The van der Waals surface area contributed by atoms with Crippen molar-refractivity contribution >= 4 is 12.6 Å². The van der Waals surface area contributed by atoms with E-state index in [2.05, 4.69) is 4.98 Å². The van der Waals surface area contributed by atoms with Gasteiger partial charge in [0.25, 0.3) is 0 Å². The summed E-state index contributed by atoms with van der Waals surface area (Å²) in [6, 6.07) is 7.69. The van der Waals surface area contributed by atoms with Crippen molar-refractivity contribution in [3.05, 3.63) is 47.7 Å². The number of pyridine rings is 1. The summed E-state index contributed by atoms with van der Waals surface area (Å²) in [5, 5.41) is 18.3. The van der Waals surface area contributed by atoms with Gasteiger partial charge in [-0.15, -0.1) is 0 Å². The average Bonchev–Trinajstić information content (AvgIpc) is 2.37. The van der Waals surface area contributed by atoms with Crippen molar-refractivity contribution in [2.45, 2.75) is 13.1 Å². The summed E-state index contributed by atoms with van der Waals surface area (Å²) in [4.78, 5) is 4.04. The first-order valence-corrected chi connectivity index (χ1v) is 5.80. The molecule has 0 aliphatic rings. The summed E-state index contributed by atoms with van der Waals surface area (Å²) in [7, 11) is -1.76. The molecule has 0 spiro atoms. The third-order valence-electron chi connectivity index (χ3n) is 2.78. The standard InChI is InChI=1S/C13H11BF3NO2/c1-8-6-9(14(19)20)7-12(18-8)10-4-2-3-5-11(10)13(15,16)17/h2-7,19-20H,1H3. The van der Waals surface area contributed by atoms with Gasteiger partial charge in [-0.05, 0) is 30.6 Å². The molecular formula is C13H11BF3NO2. The number of aryl methyl sites for hydroxylation is 1. The van der Waals surface area contributed by atoms with E-state index >= 15 is 0 Å². The van der Waals surface area contributed by atoms with E-state index in [0.717, 1.165) is 6.07 Å². The summed E-state index contributed by atoms with van der Waals surface area (Å²) in [6.07, 6.45) is -4.50. The number of nitrogens with zero attached hydrogens (tertiary/aromatic N) is 1. The van der Waals surface area contributed by atoms with Gasteiger partial charge in [0.15, 0.2) is 0 Å². The maximum atomic E-state index is 13.0. The fourth-order valence-corrected chi connectivity index (χ4v) is 1.94. The molecule has 0 atom stereocenters. The molecule has 1 aromatic carbocycles. The lowest BCUT2D eigenvalue weighted by Crippen LogP contribution is -2.30. The Kier molecular flexibility index (Phi) is 3.83. The largest absolute Gasteiger partial charge is 0.488 e. The normalized spacial score (nSPS) is 11.5. The summed E-state index contributed by atoms with van der Waals surface area (Å²) >= 11 is 0. The molecule has 2 N–H and O–H groups in total. The van der Waals surface area contributed by atoms with Gasteiger partial charge in [0.1, 0.15) is 0 Å². The summed E-state index contributed by atoms with van der Waals surface area (Å²) in [6.45, 7) is 1.57. The van der Waals surface area contributed by atoms with E-state index in [1.807, 2.05) is 0 Å².